The molecule has 5 aromatic carbocycles. The maximum absolute atomic E-state index is 15.1. The second-order valence-corrected chi connectivity index (χ2v) is 33.6. The zero-order chi connectivity index (χ0) is 54.2. The number of fused-ring (bicyclic) bond motifs is 1. The number of benzene rings is 5. The van der Waals surface area contributed by atoms with Gasteiger partial charge in [0.25, 0.3) is 26.7 Å². The molecule has 2 amide bonds. The van der Waals surface area contributed by atoms with Crippen LogP contribution in [0.1, 0.15) is 111 Å². The van der Waals surface area contributed by atoms with Crippen LogP contribution in [0.4, 0.5) is 0 Å². The normalized spacial score (nSPS) is 21.1. The maximum Gasteiger partial charge on any atom is 0.268 e. The molecule has 1 aliphatic carbocycles. The Morgan fingerprint density at radius 3 is 1.46 bits per heavy atom. The van der Waals surface area contributed by atoms with E-state index in [2.05, 4.69) is 192 Å². The molecule has 2 saturated heterocycles. The number of amides is 2. The van der Waals surface area contributed by atoms with Gasteiger partial charge in [0, 0.05) is 19.1 Å². The molecule has 5 aromatic rings. The molecule has 402 valence electrons. The molecule has 3 heterocycles. The van der Waals surface area contributed by atoms with Gasteiger partial charge in [-0.25, -0.2) is 12.7 Å². The summed E-state index contributed by atoms with van der Waals surface area (Å²) < 4.78 is 43.7. The lowest BCUT2D eigenvalue weighted by Crippen LogP contribution is -2.66. The molecule has 12 heteroatoms. The van der Waals surface area contributed by atoms with E-state index in [-0.39, 0.29) is 27.3 Å². The molecule has 4 aliphatic rings. The molecule has 2 fully saturated rings. The summed E-state index contributed by atoms with van der Waals surface area (Å²) >= 11 is 0. The van der Waals surface area contributed by atoms with Gasteiger partial charge in [0.1, 0.15) is 6.23 Å². The highest BCUT2D eigenvalue weighted by Crippen LogP contribution is 2.59. The molecule has 76 heavy (non-hydrogen) atoms. The van der Waals surface area contributed by atoms with Gasteiger partial charge in [-0.1, -0.05) is 211 Å². The summed E-state index contributed by atoms with van der Waals surface area (Å²) in [7, 11) is -9.71. The minimum Gasteiger partial charge on any atom is -0.407 e. The second kappa shape index (κ2) is 24.0. The Labute approximate surface area is 455 Å². The number of nitrogens with one attached hydrogen (secondary N) is 1. The number of piperidine rings is 1. The van der Waals surface area contributed by atoms with Crippen molar-refractivity contribution >= 4 is 59.2 Å². The first kappa shape index (κ1) is 56.7. The average molecular weight is 1080 g/mol. The van der Waals surface area contributed by atoms with E-state index in [1.165, 1.54) is 32.9 Å². The number of nitrogens with zero attached hydrogens (tertiary/aromatic N) is 1. The summed E-state index contributed by atoms with van der Waals surface area (Å²) in [6, 6.07) is 48.3. The van der Waals surface area contributed by atoms with E-state index in [9.17, 15) is 18.3 Å². The fraction of sp³-hybridized carbons (Fsp3) is 0.406. The number of sulfonamides is 1. The predicted molar refractivity (Wildman–Crippen MR) is 312 cm³/mol. The number of aliphatic hydroxyl groups is 1. The van der Waals surface area contributed by atoms with Gasteiger partial charge in [-0.2, -0.15) is 0 Å². The molecule has 0 radical (unpaired) electrons. The van der Waals surface area contributed by atoms with Crippen molar-refractivity contribution in [3.8, 4) is 0 Å². The Morgan fingerprint density at radius 2 is 1.03 bits per heavy atom. The first-order valence-electron chi connectivity index (χ1n) is 27.6. The van der Waals surface area contributed by atoms with Crippen molar-refractivity contribution in [2.75, 3.05) is 13.2 Å². The SMILES string of the molecule is Cc1ccc(S(=O)(=O)N2C(=O)[C@]3(CC/C=C\CCCCO[Si](c4ccccc4)(c4ccccc4)C(C)(C)C)[C@H]4NC(=O)[C@H](C=C4CC/C=C\CCCCO[Si](c4ccccc4)(c4ccccc4)C(C)(C)C)[C@@H]3C2O)cc1. The molecule has 5 atom stereocenters. The fourth-order valence-corrected chi connectivity index (χ4v) is 23.4. The van der Waals surface area contributed by atoms with Gasteiger partial charge in [0.2, 0.25) is 11.8 Å². The third-order valence-corrected chi connectivity index (χ3v) is 28.1. The van der Waals surface area contributed by atoms with E-state index in [1.807, 2.05) is 13.0 Å². The van der Waals surface area contributed by atoms with Gasteiger partial charge < -0.3 is 19.3 Å². The number of carbonyl (C=O) groups excluding carboxylic acids is 2. The quantitative estimate of drug-likeness (QED) is 0.0359. The van der Waals surface area contributed by atoms with Crippen molar-refractivity contribution in [3.63, 3.8) is 0 Å². The lowest BCUT2D eigenvalue weighted by atomic mass is 9.55. The van der Waals surface area contributed by atoms with Crippen LogP contribution in [0, 0.1) is 24.2 Å². The van der Waals surface area contributed by atoms with Gasteiger partial charge in [-0.05, 0) is 120 Å². The van der Waals surface area contributed by atoms with Gasteiger partial charge in [0.05, 0.1) is 22.3 Å². The first-order valence-corrected chi connectivity index (χ1v) is 32.8. The van der Waals surface area contributed by atoms with Crippen LogP contribution >= 0.6 is 0 Å². The minimum atomic E-state index is -4.46. The zero-order valence-corrected chi connectivity index (χ0v) is 48.6. The molecule has 9 nitrogen and oxygen atoms in total. The van der Waals surface area contributed by atoms with E-state index in [0.29, 0.717) is 36.8 Å². The van der Waals surface area contributed by atoms with Crippen molar-refractivity contribution in [1.29, 1.82) is 0 Å². The van der Waals surface area contributed by atoms with Crippen LogP contribution < -0.4 is 26.1 Å². The predicted octanol–water partition coefficient (Wildman–Crippen LogP) is 10.7. The Bertz CT molecular complexity index is 2860. The monoisotopic (exact) mass is 1080 g/mol. The van der Waals surface area contributed by atoms with E-state index in [0.717, 1.165) is 49.7 Å². The largest absolute Gasteiger partial charge is 0.407 e. The lowest BCUT2D eigenvalue weighted by Gasteiger charge is -2.51. The molecule has 0 saturated carbocycles. The van der Waals surface area contributed by atoms with Gasteiger partial charge in [-0.15, -0.1) is 0 Å². The number of aryl methyl sites for hydroxylation is 1. The van der Waals surface area contributed by atoms with Gasteiger partial charge >= 0.3 is 0 Å². The third-order valence-electron chi connectivity index (χ3n) is 16.2. The zero-order valence-electron chi connectivity index (χ0n) is 45.8. The third kappa shape index (κ3) is 11.1. The van der Waals surface area contributed by atoms with Crippen LogP contribution in [-0.4, -0.2) is 71.8 Å². The average Bonchev–Trinajstić information content (AvgIpc) is 3.93. The Balaban J connectivity index is 0.920. The lowest BCUT2D eigenvalue weighted by molar-refractivity contribution is -0.144. The summed E-state index contributed by atoms with van der Waals surface area (Å²) in [5.41, 5.74) is 0.416. The van der Waals surface area contributed by atoms with Crippen molar-refractivity contribution in [2.45, 2.75) is 140 Å². The summed E-state index contributed by atoms with van der Waals surface area (Å²) in [6.07, 6.45) is 16.1. The maximum atomic E-state index is 15.1. The summed E-state index contributed by atoms with van der Waals surface area (Å²) in [6.45, 7) is 16.9. The van der Waals surface area contributed by atoms with Crippen LogP contribution in [0.25, 0.3) is 0 Å². The standard InChI is InChI=1S/C64H80N2O7SSi2/c1-49-41-43-51(44-42-49)74(70,71)66-60(68)57-56-48-50(32-20-12-8-10-14-30-46-72-75(62(2,3)4,52-33-21-16-22-34-52)53-35-23-17-24-36-53)58(65-59(56)67)64(57,61(66)69)45-29-13-9-11-15-31-47-73-76(63(5,6)7,54-37-25-18-26-38-54)55-39-27-19-28-40-55/h8-9,12-13,16-19,21-28,33-44,48,56-58,60,68H,10-11,14-15,20,29-32,45-47H2,1-7H3,(H,65,67)/b12-8-,13-9-/t56-,57-,58+,60?,64+/m1/s1. The Kier molecular flexibility index (Phi) is 17.9. The van der Waals surface area contributed by atoms with Crippen molar-refractivity contribution < 1.29 is 32.0 Å². The van der Waals surface area contributed by atoms with Crippen LogP contribution in [0.15, 0.2) is 186 Å². The number of unbranched alkanes of at least 4 members (excludes halogenated alkanes) is 4. The second-order valence-electron chi connectivity index (χ2n) is 23.1. The Hall–Kier alpha value is -5.48. The minimum absolute atomic E-state index is 0.0716. The molecular formula is C64H80N2O7SSi2. The fourth-order valence-electron chi connectivity index (χ4n) is 12.6. The number of rotatable bonds is 24. The smallest absolute Gasteiger partial charge is 0.268 e. The first-order chi connectivity index (χ1) is 36.4. The molecular weight excluding hydrogens is 997 g/mol. The van der Waals surface area contributed by atoms with Gasteiger partial charge in [-0.3, -0.25) is 9.59 Å². The van der Waals surface area contributed by atoms with Crippen LogP contribution in [-0.2, 0) is 28.5 Å². The number of hydrogen-bond donors (Lipinski definition) is 2. The van der Waals surface area contributed by atoms with Gasteiger partial charge in [0.15, 0.2) is 0 Å². The van der Waals surface area contributed by atoms with Crippen LogP contribution in [0.2, 0.25) is 10.1 Å². The number of carbonyl (C=O) groups is 2. The molecule has 1 unspecified atom stereocenters. The molecule has 2 bridgehead atoms. The van der Waals surface area contributed by atoms with E-state index in [4.69, 9.17) is 8.85 Å². The summed E-state index contributed by atoms with van der Waals surface area (Å²) in [4.78, 5) is 28.8. The van der Waals surface area contributed by atoms with Crippen LogP contribution in [0.3, 0.4) is 0 Å². The molecule has 9 rings (SSSR count). The summed E-state index contributed by atoms with van der Waals surface area (Å²) in [5, 5.41) is 20.1. The number of allylic oxidation sites excluding steroid dienone is 4. The van der Waals surface area contributed by atoms with Crippen molar-refractivity contribution in [2.24, 2.45) is 17.3 Å². The highest BCUT2D eigenvalue weighted by atomic mass is 32.2. The van der Waals surface area contributed by atoms with Crippen molar-refractivity contribution in [3.05, 3.63) is 187 Å². The number of aliphatic hydroxyl groups excluding tert-OH is 1. The summed E-state index contributed by atoms with van der Waals surface area (Å²) in [5.74, 6) is -2.74. The van der Waals surface area contributed by atoms with Crippen LogP contribution in [0.5, 0.6) is 0 Å². The van der Waals surface area contributed by atoms with Crippen molar-refractivity contribution in [1.82, 2.24) is 9.62 Å². The highest BCUT2D eigenvalue weighted by Gasteiger charge is 2.72. The molecule has 2 N–H and O–H groups in total. The molecule has 3 aliphatic heterocycles. The Morgan fingerprint density at radius 1 is 0.605 bits per heavy atom. The van der Waals surface area contributed by atoms with E-state index in [1.54, 1.807) is 12.1 Å². The highest BCUT2D eigenvalue weighted by molar-refractivity contribution is 7.89. The van der Waals surface area contributed by atoms with E-state index >= 15 is 4.79 Å². The van der Waals surface area contributed by atoms with E-state index < -0.39 is 62.1 Å². The topological polar surface area (TPSA) is 122 Å². The molecule has 0 spiro atoms. The molecule has 0 aromatic heterocycles. The number of hydrogen-bond acceptors (Lipinski definition) is 7.